The van der Waals surface area contributed by atoms with E-state index in [0.29, 0.717) is 48.3 Å². The predicted octanol–water partition coefficient (Wildman–Crippen LogP) is 4.51. The van der Waals surface area contributed by atoms with Gasteiger partial charge >= 0.3 is 0 Å². The smallest absolute Gasteiger partial charge is 0.230 e. The molecule has 4 rings (SSSR count). The number of hydrogen-bond donors (Lipinski definition) is 0. The first kappa shape index (κ1) is 33.8. The maximum Gasteiger partial charge on any atom is 0.230 e. The van der Waals surface area contributed by atoms with Crippen molar-refractivity contribution in [2.45, 2.75) is 43.4 Å². The topological polar surface area (TPSA) is 95.1 Å². The lowest BCUT2D eigenvalue weighted by Gasteiger charge is -2.34. The minimum Gasteiger partial charge on any atom is -0.312 e. The Balaban J connectivity index is 0.00000462. The fourth-order valence-corrected chi connectivity index (χ4v) is 7.43. The highest BCUT2D eigenvalue weighted by molar-refractivity contribution is 7.90. The van der Waals surface area contributed by atoms with Crippen LogP contribution in [0.25, 0.3) is 0 Å². The van der Waals surface area contributed by atoms with Gasteiger partial charge in [-0.3, -0.25) is 4.79 Å². The first-order valence-corrected chi connectivity index (χ1v) is 18.1. The van der Waals surface area contributed by atoms with E-state index in [1.54, 1.807) is 18.2 Å². The van der Waals surface area contributed by atoms with Gasteiger partial charge in [-0.2, -0.15) is 0 Å². The van der Waals surface area contributed by atoms with Gasteiger partial charge in [-0.05, 0) is 100.0 Å². The molecule has 0 N–H and O–H groups in total. The molecule has 2 aliphatic heterocycles. The minimum atomic E-state index is -3.25. The van der Waals surface area contributed by atoms with Crippen LogP contribution in [-0.4, -0.2) is 83.7 Å². The molecule has 12 heteroatoms. The van der Waals surface area contributed by atoms with Gasteiger partial charge in [0.2, 0.25) is 15.9 Å². The van der Waals surface area contributed by atoms with Crippen LogP contribution in [0, 0.1) is 11.8 Å². The molecule has 2 saturated heterocycles. The average molecular weight is 647 g/mol. The Morgan fingerprint density at radius 2 is 1.56 bits per heavy atom. The van der Waals surface area contributed by atoms with E-state index in [2.05, 4.69) is 4.90 Å². The Bertz CT molecular complexity index is 1370. The lowest BCUT2D eigenvalue weighted by molar-refractivity contribution is -0.123. The van der Waals surface area contributed by atoms with Crippen molar-refractivity contribution < 1.29 is 21.6 Å². The fraction of sp³-hybridized carbons (Fsp3) is 0.552. The van der Waals surface area contributed by atoms with Crippen molar-refractivity contribution in [1.82, 2.24) is 9.21 Å². The first-order valence-electron chi connectivity index (χ1n) is 13.9. The quantitative estimate of drug-likeness (QED) is 0.377. The zero-order chi connectivity index (χ0) is 28.9. The second-order valence-electron chi connectivity index (χ2n) is 11.2. The normalized spacial score (nSPS) is 18.1. The summed E-state index contributed by atoms with van der Waals surface area (Å²) >= 11 is 6.26. The van der Waals surface area contributed by atoms with Crippen LogP contribution in [0.4, 0.5) is 5.69 Å². The number of anilines is 1. The van der Waals surface area contributed by atoms with Crippen molar-refractivity contribution in [3.8, 4) is 0 Å². The van der Waals surface area contributed by atoms with Gasteiger partial charge in [-0.25, -0.2) is 21.1 Å². The Hall–Kier alpha value is -1.69. The summed E-state index contributed by atoms with van der Waals surface area (Å²) in [5.41, 5.74) is 1.95. The molecule has 2 aromatic carbocycles. The van der Waals surface area contributed by atoms with Crippen LogP contribution >= 0.6 is 24.0 Å². The third-order valence-corrected chi connectivity index (χ3v) is 10.8. The summed E-state index contributed by atoms with van der Waals surface area (Å²) in [4.78, 5) is 18.3. The van der Waals surface area contributed by atoms with Crippen LogP contribution in [0.5, 0.6) is 0 Å². The maximum atomic E-state index is 13.6. The molecular formula is C29H41Cl2N3O5S2. The molecule has 0 aromatic heterocycles. The lowest BCUT2D eigenvalue weighted by Crippen LogP contribution is -2.45. The number of sulfone groups is 1. The number of carbonyl (C=O) groups is 1. The molecular weight excluding hydrogens is 605 g/mol. The van der Waals surface area contributed by atoms with Gasteiger partial charge in [0.25, 0.3) is 0 Å². The van der Waals surface area contributed by atoms with Gasteiger partial charge in [0.15, 0.2) is 9.84 Å². The summed E-state index contributed by atoms with van der Waals surface area (Å²) < 4.78 is 48.6. The van der Waals surface area contributed by atoms with Crippen molar-refractivity contribution in [3.63, 3.8) is 0 Å². The Morgan fingerprint density at radius 3 is 2.12 bits per heavy atom. The summed E-state index contributed by atoms with van der Waals surface area (Å²) in [7, 11) is -6.42. The SMILES string of the molecule is CS(=O)(=O)c1ccc(CC2CCN(CCCN(C(=O)C3CCN(S(C)(=O)=O)CC3)c3cccc(Cl)c3)CC2)cc1.Cl. The Kier molecular flexibility index (Phi) is 12.1. The maximum absolute atomic E-state index is 13.6. The first-order chi connectivity index (χ1) is 18.9. The second-order valence-corrected chi connectivity index (χ2v) is 15.6. The molecule has 0 bridgehead atoms. The van der Waals surface area contributed by atoms with Crippen molar-refractivity contribution in [3.05, 3.63) is 59.1 Å². The highest BCUT2D eigenvalue weighted by Gasteiger charge is 2.32. The molecule has 8 nitrogen and oxygen atoms in total. The van der Waals surface area contributed by atoms with Crippen molar-refractivity contribution in [2.75, 3.05) is 56.7 Å². The van der Waals surface area contributed by atoms with Crippen LogP contribution in [0.1, 0.15) is 37.7 Å². The van der Waals surface area contributed by atoms with Gasteiger partial charge < -0.3 is 9.80 Å². The number of benzene rings is 2. The molecule has 2 fully saturated rings. The van der Waals surface area contributed by atoms with Gasteiger partial charge in [0.1, 0.15) is 0 Å². The summed E-state index contributed by atoms with van der Waals surface area (Å²) in [6, 6.07) is 14.6. The zero-order valence-electron chi connectivity index (χ0n) is 23.7. The minimum absolute atomic E-state index is 0. The second kappa shape index (κ2) is 14.7. The van der Waals surface area contributed by atoms with Gasteiger partial charge in [0, 0.05) is 42.5 Å². The molecule has 0 saturated carbocycles. The number of carbonyl (C=O) groups excluding carboxylic acids is 1. The van der Waals surface area contributed by atoms with Crippen LogP contribution in [0.2, 0.25) is 5.02 Å². The molecule has 0 unspecified atom stereocenters. The molecule has 0 radical (unpaired) electrons. The molecule has 1 amide bonds. The number of hydrogen-bond acceptors (Lipinski definition) is 6. The van der Waals surface area contributed by atoms with E-state index in [1.165, 1.54) is 22.4 Å². The summed E-state index contributed by atoms with van der Waals surface area (Å²) in [5.74, 6) is 0.401. The predicted molar refractivity (Wildman–Crippen MR) is 167 cm³/mol. The Morgan fingerprint density at radius 1 is 0.927 bits per heavy atom. The molecule has 41 heavy (non-hydrogen) atoms. The highest BCUT2D eigenvalue weighted by Crippen LogP contribution is 2.27. The van der Waals surface area contributed by atoms with E-state index in [9.17, 15) is 21.6 Å². The number of piperidine rings is 2. The number of rotatable bonds is 10. The van der Waals surface area contributed by atoms with E-state index in [1.807, 2.05) is 35.2 Å². The molecule has 0 aliphatic carbocycles. The standard InChI is InChI=1S/C29H40ClN3O5S2.ClH/c1-39(35,36)28-9-7-23(8-10-28)21-24-11-17-31(18-12-24)15-4-16-33(27-6-3-5-26(30)22-27)29(34)25-13-19-32(20-14-25)40(2,37)38;/h3,5-10,22,24-25H,4,11-21H2,1-2H3;1H. The number of likely N-dealkylation sites (tertiary alicyclic amines) is 1. The van der Waals surface area contributed by atoms with Gasteiger partial charge in [-0.1, -0.05) is 29.8 Å². The molecule has 2 aliphatic rings. The number of amides is 1. The van der Waals surface area contributed by atoms with Gasteiger partial charge in [-0.15, -0.1) is 12.4 Å². The van der Waals surface area contributed by atoms with Crippen LogP contribution in [-0.2, 0) is 31.1 Å². The van der Waals surface area contributed by atoms with E-state index in [-0.39, 0.29) is 24.2 Å². The molecule has 0 atom stereocenters. The largest absolute Gasteiger partial charge is 0.312 e. The highest BCUT2D eigenvalue weighted by atomic mass is 35.5. The van der Waals surface area contributed by atoms with E-state index < -0.39 is 19.9 Å². The molecule has 2 aromatic rings. The molecule has 2 heterocycles. The van der Waals surface area contributed by atoms with Crippen LogP contribution in [0.15, 0.2) is 53.4 Å². The van der Waals surface area contributed by atoms with Crippen molar-refractivity contribution >= 4 is 55.5 Å². The van der Waals surface area contributed by atoms with E-state index in [4.69, 9.17) is 11.6 Å². The molecule has 0 spiro atoms. The average Bonchev–Trinajstić information content (AvgIpc) is 2.91. The summed E-state index contributed by atoms with van der Waals surface area (Å²) in [5, 5.41) is 0.579. The number of nitrogens with zero attached hydrogens (tertiary/aromatic N) is 3. The Labute approximate surface area is 256 Å². The number of halogens is 2. The third-order valence-electron chi connectivity index (χ3n) is 8.10. The number of sulfonamides is 1. The van der Waals surface area contributed by atoms with Crippen molar-refractivity contribution in [1.29, 1.82) is 0 Å². The van der Waals surface area contributed by atoms with Crippen LogP contribution < -0.4 is 4.90 Å². The van der Waals surface area contributed by atoms with Crippen LogP contribution in [0.3, 0.4) is 0 Å². The zero-order valence-corrected chi connectivity index (χ0v) is 26.9. The summed E-state index contributed by atoms with van der Waals surface area (Å²) in [6.45, 7) is 4.22. The summed E-state index contributed by atoms with van der Waals surface area (Å²) in [6.07, 6.45) is 7.44. The molecule has 228 valence electrons. The lowest BCUT2D eigenvalue weighted by atomic mass is 9.90. The van der Waals surface area contributed by atoms with Gasteiger partial charge in [0.05, 0.1) is 11.2 Å². The monoisotopic (exact) mass is 645 g/mol. The third kappa shape index (κ3) is 9.66. The fourth-order valence-electron chi connectivity index (χ4n) is 5.74. The van der Waals surface area contributed by atoms with E-state index >= 15 is 0 Å². The van der Waals surface area contributed by atoms with Crippen molar-refractivity contribution in [2.24, 2.45) is 11.8 Å². The van der Waals surface area contributed by atoms with E-state index in [0.717, 1.165) is 51.0 Å².